The Morgan fingerprint density at radius 1 is 1.16 bits per heavy atom. The van der Waals surface area contributed by atoms with Gasteiger partial charge in [-0.2, -0.15) is 4.31 Å². The molecule has 12 heteroatoms. The molecule has 0 spiro atoms. The molecule has 2 aromatic carbocycles. The lowest BCUT2D eigenvalue weighted by Gasteiger charge is -2.25. The molecule has 9 nitrogen and oxygen atoms in total. The average molecular weight is 481 g/mol. The van der Waals surface area contributed by atoms with Crippen molar-refractivity contribution in [1.29, 1.82) is 0 Å². The van der Waals surface area contributed by atoms with Crippen LogP contribution in [0.4, 0.5) is 10.8 Å². The maximum atomic E-state index is 12.9. The van der Waals surface area contributed by atoms with Crippen LogP contribution in [0.2, 0.25) is 5.02 Å². The number of sulfonamides is 1. The fraction of sp³-hybridized carbons (Fsp3) is 0.263. The summed E-state index contributed by atoms with van der Waals surface area (Å²) in [5.41, 5.74) is -0.0541. The lowest BCUT2D eigenvalue weighted by atomic mass is 10.1. The number of amides is 1. The van der Waals surface area contributed by atoms with E-state index in [-0.39, 0.29) is 26.3 Å². The molecule has 3 aromatic rings. The number of hydrogen-bond donors (Lipinski definition) is 1. The van der Waals surface area contributed by atoms with Gasteiger partial charge in [0.15, 0.2) is 5.13 Å². The van der Waals surface area contributed by atoms with Crippen LogP contribution in [0.3, 0.4) is 0 Å². The molecule has 0 aliphatic carbocycles. The number of aromatic nitrogens is 1. The predicted octanol–water partition coefficient (Wildman–Crippen LogP) is 4.28. The minimum absolute atomic E-state index is 0.175. The van der Waals surface area contributed by atoms with Gasteiger partial charge in [0.1, 0.15) is 5.56 Å². The van der Waals surface area contributed by atoms with Gasteiger partial charge in [-0.15, -0.1) is 0 Å². The van der Waals surface area contributed by atoms with E-state index in [0.717, 1.165) is 36.7 Å². The van der Waals surface area contributed by atoms with E-state index in [1.54, 1.807) is 6.07 Å². The Labute approximate surface area is 186 Å². The van der Waals surface area contributed by atoms with Gasteiger partial charge in [0.2, 0.25) is 10.0 Å². The molecular weight excluding hydrogens is 464 g/mol. The second kappa shape index (κ2) is 8.50. The Morgan fingerprint density at radius 3 is 2.61 bits per heavy atom. The van der Waals surface area contributed by atoms with Crippen LogP contribution in [0.1, 0.15) is 29.6 Å². The topological polar surface area (TPSA) is 123 Å². The number of nitro benzene ring substituents is 1. The number of halogens is 1. The van der Waals surface area contributed by atoms with Crippen LogP contribution in [-0.2, 0) is 10.0 Å². The van der Waals surface area contributed by atoms with Crippen molar-refractivity contribution in [3.8, 4) is 0 Å². The Kier molecular flexibility index (Phi) is 5.93. The molecule has 0 radical (unpaired) electrons. The Balaban J connectivity index is 1.61. The van der Waals surface area contributed by atoms with E-state index in [0.29, 0.717) is 23.3 Å². The molecule has 31 heavy (non-hydrogen) atoms. The predicted molar refractivity (Wildman–Crippen MR) is 118 cm³/mol. The highest BCUT2D eigenvalue weighted by atomic mass is 35.5. The molecule has 0 bridgehead atoms. The standard InChI is InChI=1S/C19H17ClN4O5S2/c20-12-4-7-16(24(26)27)14(10-12)18(25)22-19-21-15-6-5-13(11-17(15)30-19)31(28,29)23-8-2-1-3-9-23/h4-7,10-11H,1-3,8-9H2,(H,21,22,25). The van der Waals surface area contributed by atoms with Gasteiger partial charge in [-0.25, -0.2) is 13.4 Å². The van der Waals surface area contributed by atoms with Crippen LogP contribution >= 0.6 is 22.9 Å². The Morgan fingerprint density at radius 2 is 1.90 bits per heavy atom. The molecule has 4 rings (SSSR count). The molecule has 2 heterocycles. The molecule has 162 valence electrons. The number of hydrogen-bond acceptors (Lipinski definition) is 7. The normalized spacial score (nSPS) is 15.1. The van der Waals surface area contributed by atoms with Crippen LogP contribution in [0.25, 0.3) is 10.2 Å². The second-order valence-corrected chi connectivity index (χ2v) is 10.4. The lowest BCUT2D eigenvalue weighted by molar-refractivity contribution is -0.385. The lowest BCUT2D eigenvalue weighted by Crippen LogP contribution is -2.35. The van der Waals surface area contributed by atoms with E-state index in [1.807, 2.05) is 0 Å². The first-order chi connectivity index (χ1) is 14.8. The summed E-state index contributed by atoms with van der Waals surface area (Å²) in [6.07, 6.45) is 2.70. The van der Waals surface area contributed by atoms with Crippen molar-refractivity contribution in [2.24, 2.45) is 0 Å². The summed E-state index contributed by atoms with van der Waals surface area (Å²) in [6, 6.07) is 8.32. The fourth-order valence-electron chi connectivity index (χ4n) is 3.39. The summed E-state index contributed by atoms with van der Waals surface area (Å²) >= 11 is 6.97. The molecule has 1 aromatic heterocycles. The summed E-state index contributed by atoms with van der Waals surface area (Å²) in [5.74, 6) is -0.727. The van der Waals surface area contributed by atoms with Gasteiger partial charge in [0, 0.05) is 24.2 Å². The van der Waals surface area contributed by atoms with Crippen molar-refractivity contribution in [1.82, 2.24) is 9.29 Å². The summed E-state index contributed by atoms with van der Waals surface area (Å²) < 4.78 is 27.9. The minimum Gasteiger partial charge on any atom is -0.298 e. The zero-order valence-corrected chi connectivity index (χ0v) is 18.5. The minimum atomic E-state index is -3.59. The number of fused-ring (bicyclic) bond motifs is 1. The number of carbonyl (C=O) groups is 1. The van der Waals surface area contributed by atoms with Crippen molar-refractivity contribution in [2.75, 3.05) is 18.4 Å². The monoisotopic (exact) mass is 480 g/mol. The number of piperidine rings is 1. The smallest absolute Gasteiger partial charge is 0.282 e. The summed E-state index contributed by atoms with van der Waals surface area (Å²) in [6.45, 7) is 1.01. The quantitative estimate of drug-likeness (QED) is 0.429. The highest BCUT2D eigenvalue weighted by molar-refractivity contribution is 7.89. The number of thiazole rings is 1. The average Bonchev–Trinajstić information content (AvgIpc) is 3.15. The van der Waals surface area contributed by atoms with Crippen LogP contribution in [0.5, 0.6) is 0 Å². The van der Waals surface area contributed by atoms with E-state index in [4.69, 9.17) is 11.6 Å². The first kappa shape index (κ1) is 21.6. The number of carbonyl (C=O) groups excluding carboxylic acids is 1. The highest BCUT2D eigenvalue weighted by Gasteiger charge is 2.27. The van der Waals surface area contributed by atoms with E-state index in [2.05, 4.69) is 10.3 Å². The Hall–Kier alpha value is -2.60. The van der Waals surface area contributed by atoms with E-state index >= 15 is 0 Å². The second-order valence-electron chi connectivity index (χ2n) is 6.99. The molecule has 1 fully saturated rings. The zero-order valence-electron chi connectivity index (χ0n) is 16.1. The fourth-order valence-corrected chi connectivity index (χ4v) is 6.08. The van der Waals surface area contributed by atoms with E-state index < -0.39 is 20.9 Å². The summed E-state index contributed by atoms with van der Waals surface area (Å²) in [5, 5.41) is 14.1. The zero-order chi connectivity index (χ0) is 22.2. The largest absolute Gasteiger partial charge is 0.298 e. The number of anilines is 1. The van der Waals surface area contributed by atoms with Crippen molar-refractivity contribution >= 4 is 59.9 Å². The number of rotatable bonds is 5. The molecule has 0 atom stereocenters. The van der Waals surface area contributed by atoms with Crippen molar-refractivity contribution < 1.29 is 18.1 Å². The van der Waals surface area contributed by atoms with Gasteiger partial charge in [0.05, 0.1) is 20.0 Å². The van der Waals surface area contributed by atoms with Gasteiger partial charge in [-0.05, 0) is 43.2 Å². The molecular formula is C19H17ClN4O5S2. The number of nitrogens with one attached hydrogen (secondary N) is 1. The third-order valence-electron chi connectivity index (χ3n) is 4.93. The van der Waals surface area contributed by atoms with Crippen LogP contribution in [-0.4, -0.2) is 41.6 Å². The molecule has 1 aliphatic heterocycles. The van der Waals surface area contributed by atoms with E-state index in [9.17, 15) is 23.3 Å². The first-order valence-corrected chi connectivity index (χ1v) is 12.1. The van der Waals surface area contributed by atoms with Gasteiger partial charge in [-0.3, -0.25) is 20.2 Å². The SMILES string of the molecule is O=C(Nc1nc2ccc(S(=O)(=O)N3CCCCC3)cc2s1)c1cc(Cl)ccc1[N+](=O)[O-]. The van der Waals surface area contributed by atoms with Crippen molar-refractivity contribution in [3.05, 3.63) is 57.1 Å². The third kappa shape index (κ3) is 4.40. The van der Waals surface area contributed by atoms with Crippen molar-refractivity contribution in [3.63, 3.8) is 0 Å². The Bertz CT molecular complexity index is 1290. The van der Waals surface area contributed by atoms with Gasteiger partial charge >= 0.3 is 0 Å². The van der Waals surface area contributed by atoms with E-state index in [1.165, 1.54) is 28.6 Å². The van der Waals surface area contributed by atoms with Gasteiger partial charge in [-0.1, -0.05) is 29.4 Å². The first-order valence-electron chi connectivity index (χ1n) is 9.42. The highest BCUT2D eigenvalue weighted by Crippen LogP contribution is 2.31. The molecule has 1 amide bonds. The molecule has 0 saturated carbocycles. The van der Waals surface area contributed by atoms with Crippen molar-refractivity contribution in [2.45, 2.75) is 24.2 Å². The number of nitrogens with zero attached hydrogens (tertiary/aromatic N) is 3. The third-order valence-corrected chi connectivity index (χ3v) is 8.00. The van der Waals surface area contributed by atoms with Crippen LogP contribution < -0.4 is 5.32 Å². The number of benzene rings is 2. The molecule has 1 saturated heterocycles. The van der Waals surface area contributed by atoms with Crippen LogP contribution in [0.15, 0.2) is 41.3 Å². The number of nitro groups is 1. The van der Waals surface area contributed by atoms with Crippen LogP contribution in [0, 0.1) is 10.1 Å². The summed E-state index contributed by atoms with van der Waals surface area (Å²) in [4.78, 5) is 27.6. The molecule has 1 aliphatic rings. The van der Waals surface area contributed by atoms with Gasteiger partial charge in [0.25, 0.3) is 11.6 Å². The van der Waals surface area contributed by atoms with Gasteiger partial charge < -0.3 is 0 Å². The maximum Gasteiger partial charge on any atom is 0.282 e. The molecule has 0 unspecified atom stereocenters. The molecule has 1 N–H and O–H groups in total. The maximum absolute atomic E-state index is 12.9. The summed E-state index contributed by atoms with van der Waals surface area (Å²) in [7, 11) is -3.59.